The molecule has 0 bridgehead atoms. The van der Waals surface area contributed by atoms with Gasteiger partial charge in [-0.3, -0.25) is 0 Å². The molecule has 3 aromatic rings. The minimum absolute atomic E-state index is 0.00529. The van der Waals surface area contributed by atoms with Crippen molar-refractivity contribution >= 4 is 10.0 Å². The lowest BCUT2D eigenvalue weighted by atomic mass is 9.90. The van der Waals surface area contributed by atoms with Gasteiger partial charge < -0.3 is 24.2 Å². The maximum Gasteiger partial charge on any atom is 0.214 e. The van der Waals surface area contributed by atoms with Gasteiger partial charge in [0.1, 0.15) is 35.8 Å². The summed E-state index contributed by atoms with van der Waals surface area (Å²) in [5, 5.41) is 33.2. The van der Waals surface area contributed by atoms with Crippen molar-refractivity contribution < 1.29 is 45.8 Å². The van der Waals surface area contributed by atoms with E-state index < -0.39 is 64.5 Å². The SMILES string of the molecule is CCCS(=O)(=O)N1CCC(c2cc(C[C@H]3O[C@H](CO)[C@H](O)[C@H](n4cc(-c5cc(F)c(F)c(F)c5)nn4)[C@H]3OC)no2)CC1. The molecule has 16 heteroatoms. The normalized spacial score (nSPS) is 25.8. The van der Waals surface area contributed by atoms with Crippen LogP contribution in [0.4, 0.5) is 13.2 Å². The minimum atomic E-state index is -3.27. The highest BCUT2D eigenvalue weighted by molar-refractivity contribution is 7.89. The number of nitrogens with zero attached hydrogens (tertiary/aromatic N) is 5. The number of rotatable bonds is 10. The Bertz CT molecular complexity index is 1490. The highest BCUT2D eigenvalue weighted by Crippen LogP contribution is 2.35. The molecule has 2 aromatic heterocycles. The van der Waals surface area contributed by atoms with Gasteiger partial charge in [0, 0.05) is 44.2 Å². The van der Waals surface area contributed by atoms with Crippen LogP contribution in [0.5, 0.6) is 0 Å². The molecule has 2 saturated heterocycles. The molecule has 5 atom stereocenters. The Hall–Kier alpha value is -2.89. The highest BCUT2D eigenvalue weighted by Gasteiger charge is 2.47. The number of methoxy groups -OCH3 is 1. The first kappa shape index (κ1) is 31.5. The smallest absolute Gasteiger partial charge is 0.214 e. The van der Waals surface area contributed by atoms with E-state index in [2.05, 4.69) is 15.5 Å². The summed E-state index contributed by atoms with van der Waals surface area (Å²) in [6, 6.07) is 2.43. The number of sulfonamides is 1. The van der Waals surface area contributed by atoms with Gasteiger partial charge in [-0.15, -0.1) is 5.10 Å². The van der Waals surface area contributed by atoms with Gasteiger partial charge in [-0.2, -0.15) is 0 Å². The topological polar surface area (TPSA) is 153 Å². The molecule has 1 aromatic carbocycles. The predicted molar refractivity (Wildman–Crippen MR) is 145 cm³/mol. The molecule has 2 aliphatic heterocycles. The van der Waals surface area contributed by atoms with Gasteiger partial charge in [0.2, 0.25) is 10.0 Å². The summed E-state index contributed by atoms with van der Waals surface area (Å²) in [4.78, 5) is 0. The van der Waals surface area contributed by atoms with Crippen LogP contribution in [0.1, 0.15) is 49.6 Å². The van der Waals surface area contributed by atoms with E-state index in [1.165, 1.54) is 22.3 Å². The predicted octanol–water partition coefficient (Wildman–Crippen LogP) is 2.19. The Morgan fingerprint density at radius 2 is 1.81 bits per heavy atom. The van der Waals surface area contributed by atoms with Gasteiger partial charge in [-0.25, -0.2) is 30.6 Å². The Balaban J connectivity index is 1.32. The molecular weight excluding hydrogens is 595 g/mol. The van der Waals surface area contributed by atoms with Gasteiger partial charge in [0.25, 0.3) is 0 Å². The van der Waals surface area contributed by atoms with Crippen molar-refractivity contribution in [2.45, 2.75) is 69.0 Å². The second-order valence-electron chi connectivity index (χ2n) is 10.8. The van der Waals surface area contributed by atoms with Crippen molar-refractivity contribution in [2.75, 3.05) is 32.6 Å². The van der Waals surface area contributed by atoms with Gasteiger partial charge in [0.15, 0.2) is 17.5 Å². The molecule has 0 saturated carbocycles. The van der Waals surface area contributed by atoms with Gasteiger partial charge in [-0.05, 0) is 31.4 Å². The van der Waals surface area contributed by atoms with E-state index in [1.54, 1.807) is 6.07 Å². The lowest BCUT2D eigenvalue weighted by Crippen LogP contribution is -2.57. The highest BCUT2D eigenvalue weighted by atomic mass is 32.2. The fourth-order valence-corrected chi connectivity index (χ4v) is 7.36. The second kappa shape index (κ2) is 13.0. The zero-order valence-corrected chi connectivity index (χ0v) is 24.5. The molecule has 2 fully saturated rings. The van der Waals surface area contributed by atoms with E-state index in [-0.39, 0.29) is 29.3 Å². The van der Waals surface area contributed by atoms with Gasteiger partial charge >= 0.3 is 0 Å². The molecule has 4 heterocycles. The Morgan fingerprint density at radius 1 is 1.12 bits per heavy atom. The van der Waals surface area contributed by atoms with Crippen LogP contribution in [-0.2, 0) is 25.9 Å². The molecule has 5 rings (SSSR count). The number of ether oxygens (including phenoxy) is 2. The monoisotopic (exact) mass is 629 g/mol. The van der Waals surface area contributed by atoms with E-state index in [0.29, 0.717) is 43.8 Å². The van der Waals surface area contributed by atoms with E-state index in [9.17, 15) is 31.8 Å². The van der Waals surface area contributed by atoms with Crippen molar-refractivity contribution in [1.82, 2.24) is 24.5 Å². The van der Waals surface area contributed by atoms with E-state index >= 15 is 0 Å². The fraction of sp³-hybridized carbons (Fsp3) is 0.593. The quantitative estimate of drug-likeness (QED) is 0.319. The number of piperidine rings is 1. The zero-order valence-electron chi connectivity index (χ0n) is 23.6. The third kappa shape index (κ3) is 6.49. The standard InChI is InChI=1S/C27H34F3N5O7S/c1-3-8-43(38,39)34-6-4-15(5-7-34)21-11-17(32-42-21)12-22-27(40-2)25(26(37)23(14-36)41-22)35-13-20(31-33-35)16-9-18(28)24(30)19(29)10-16/h9-11,13,15,22-23,25-27,36-37H,3-8,12,14H2,1-2H3/t22-,23-,25+,26+,27+/m1/s1. The summed E-state index contributed by atoms with van der Waals surface area (Å²) < 4.78 is 86.0. The second-order valence-corrected chi connectivity index (χ2v) is 12.9. The van der Waals surface area contributed by atoms with Gasteiger partial charge in [0.05, 0.1) is 30.4 Å². The molecule has 236 valence electrons. The maximum absolute atomic E-state index is 13.8. The van der Waals surface area contributed by atoms with Crippen LogP contribution in [0.15, 0.2) is 28.9 Å². The largest absolute Gasteiger partial charge is 0.394 e. The number of benzene rings is 1. The summed E-state index contributed by atoms with van der Waals surface area (Å²) in [5.74, 6) is -3.63. The fourth-order valence-electron chi connectivity index (χ4n) is 5.82. The third-order valence-electron chi connectivity index (χ3n) is 8.03. The third-order valence-corrected chi connectivity index (χ3v) is 10.1. The van der Waals surface area contributed by atoms with Crippen molar-refractivity contribution in [3.8, 4) is 11.3 Å². The summed E-state index contributed by atoms with van der Waals surface area (Å²) in [6.45, 7) is 2.10. The Morgan fingerprint density at radius 3 is 2.44 bits per heavy atom. The molecular formula is C27H34F3N5O7S. The first-order valence-corrected chi connectivity index (χ1v) is 15.6. The van der Waals surface area contributed by atoms with Crippen molar-refractivity contribution in [1.29, 1.82) is 0 Å². The number of hydrogen-bond acceptors (Lipinski definition) is 10. The number of aliphatic hydroxyl groups excluding tert-OH is 2. The molecule has 0 spiro atoms. The number of hydrogen-bond donors (Lipinski definition) is 2. The summed E-state index contributed by atoms with van der Waals surface area (Å²) in [6.07, 6.45) is -0.638. The van der Waals surface area contributed by atoms with Crippen LogP contribution in [0.25, 0.3) is 11.3 Å². The Kier molecular flexibility index (Phi) is 9.53. The number of aromatic nitrogens is 4. The van der Waals surface area contributed by atoms with E-state index in [1.807, 2.05) is 6.92 Å². The first-order valence-electron chi connectivity index (χ1n) is 14.0. The maximum atomic E-state index is 13.8. The van der Waals surface area contributed by atoms with Gasteiger partial charge in [-0.1, -0.05) is 17.3 Å². The molecule has 2 N–H and O–H groups in total. The first-order chi connectivity index (χ1) is 20.6. The van der Waals surface area contributed by atoms with Crippen LogP contribution in [0.2, 0.25) is 0 Å². The Labute approximate surface area is 246 Å². The van der Waals surface area contributed by atoms with E-state index in [4.69, 9.17) is 14.0 Å². The van der Waals surface area contributed by atoms with Crippen molar-refractivity contribution in [2.24, 2.45) is 0 Å². The van der Waals surface area contributed by atoms with E-state index in [0.717, 1.165) is 12.1 Å². The summed E-state index contributed by atoms with van der Waals surface area (Å²) in [5.41, 5.74) is 0.502. The molecule has 0 amide bonds. The van der Waals surface area contributed by atoms with Crippen molar-refractivity contribution in [3.63, 3.8) is 0 Å². The van der Waals surface area contributed by atoms with Crippen LogP contribution in [0.3, 0.4) is 0 Å². The minimum Gasteiger partial charge on any atom is -0.394 e. The zero-order chi connectivity index (χ0) is 30.9. The molecule has 12 nitrogen and oxygen atoms in total. The summed E-state index contributed by atoms with van der Waals surface area (Å²) >= 11 is 0. The molecule has 43 heavy (non-hydrogen) atoms. The summed E-state index contributed by atoms with van der Waals surface area (Å²) in [7, 11) is -1.85. The number of halogens is 3. The lowest BCUT2D eigenvalue weighted by molar-refractivity contribution is -0.212. The lowest BCUT2D eigenvalue weighted by Gasteiger charge is -2.43. The van der Waals surface area contributed by atoms with Crippen LogP contribution >= 0.6 is 0 Å². The molecule has 0 radical (unpaired) electrons. The van der Waals surface area contributed by atoms with Crippen LogP contribution in [-0.4, -0.2) is 100 Å². The molecule has 0 unspecified atom stereocenters. The van der Waals surface area contributed by atoms with Crippen LogP contribution < -0.4 is 0 Å². The van der Waals surface area contributed by atoms with Crippen LogP contribution in [0, 0.1) is 17.5 Å². The average molecular weight is 630 g/mol. The van der Waals surface area contributed by atoms with Crippen molar-refractivity contribution in [3.05, 3.63) is 53.3 Å². The molecule has 0 aliphatic carbocycles. The average Bonchev–Trinajstić information content (AvgIpc) is 3.66. The number of aliphatic hydroxyl groups is 2. The molecule has 2 aliphatic rings.